The van der Waals surface area contributed by atoms with Crippen LogP contribution in [-0.4, -0.2) is 9.97 Å². The van der Waals surface area contributed by atoms with E-state index in [1.54, 1.807) is 11.3 Å². The molecule has 1 atom stereocenters. The zero-order chi connectivity index (χ0) is 11.5. The van der Waals surface area contributed by atoms with Gasteiger partial charge < -0.3 is 5.32 Å². The van der Waals surface area contributed by atoms with Gasteiger partial charge in [-0.25, -0.2) is 4.98 Å². The van der Waals surface area contributed by atoms with Gasteiger partial charge in [0.1, 0.15) is 0 Å². The average Bonchev–Trinajstić information content (AvgIpc) is 2.68. The number of thiazole rings is 1. The Morgan fingerprint density at radius 2 is 2.12 bits per heavy atom. The number of nitrogens with one attached hydrogen (secondary N) is 1. The van der Waals surface area contributed by atoms with Crippen molar-refractivity contribution in [3.63, 3.8) is 0 Å². The molecular weight excluding hydrogens is 218 g/mol. The smallest absolute Gasteiger partial charge is 0.0897 e. The highest BCUT2D eigenvalue weighted by Crippen LogP contribution is 2.24. The zero-order valence-corrected chi connectivity index (χ0v) is 10.5. The molecule has 2 heterocycles. The molecule has 0 bridgehead atoms. The van der Waals surface area contributed by atoms with Crippen molar-refractivity contribution in [1.82, 2.24) is 9.97 Å². The molecule has 0 aliphatic carbocycles. The Morgan fingerprint density at radius 1 is 1.31 bits per heavy atom. The van der Waals surface area contributed by atoms with Gasteiger partial charge in [0.2, 0.25) is 0 Å². The first-order chi connectivity index (χ1) is 7.66. The lowest BCUT2D eigenvalue weighted by Gasteiger charge is -2.14. The minimum atomic E-state index is 0.272. The van der Waals surface area contributed by atoms with E-state index < -0.39 is 0 Å². The first-order valence-electron chi connectivity index (χ1n) is 5.26. The number of pyridine rings is 1. The number of hydrogen-bond acceptors (Lipinski definition) is 4. The van der Waals surface area contributed by atoms with Gasteiger partial charge in [-0.3, -0.25) is 4.98 Å². The highest BCUT2D eigenvalue weighted by molar-refractivity contribution is 7.11. The molecule has 84 valence electrons. The van der Waals surface area contributed by atoms with E-state index in [9.17, 15) is 0 Å². The lowest BCUT2D eigenvalue weighted by Crippen LogP contribution is -2.06. The molecule has 2 rings (SSSR count). The molecule has 4 heteroatoms. The topological polar surface area (TPSA) is 37.8 Å². The van der Waals surface area contributed by atoms with Crippen LogP contribution in [0.15, 0.2) is 24.7 Å². The van der Waals surface area contributed by atoms with E-state index in [0.717, 1.165) is 10.7 Å². The molecule has 3 nitrogen and oxygen atoms in total. The third-order valence-electron chi connectivity index (χ3n) is 2.48. The van der Waals surface area contributed by atoms with E-state index >= 15 is 0 Å². The summed E-state index contributed by atoms with van der Waals surface area (Å²) < 4.78 is 0. The predicted octanol–water partition coefficient (Wildman–Crippen LogP) is 3.33. The van der Waals surface area contributed by atoms with Crippen LogP contribution in [0.25, 0.3) is 0 Å². The van der Waals surface area contributed by atoms with Crippen LogP contribution in [-0.2, 0) is 0 Å². The molecule has 0 radical (unpaired) electrons. The summed E-state index contributed by atoms with van der Waals surface area (Å²) in [6, 6.07) is 2.28. The fourth-order valence-corrected chi connectivity index (χ4v) is 2.29. The van der Waals surface area contributed by atoms with Gasteiger partial charge in [-0.15, -0.1) is 11.3 Å². The number of anilines is 1. The van der Waals surface area contributed by atoms with Crippen LogP contribution < -0.4 is 5.32 Å². The summed E-state index contributed by atoms with van der Waals surface area (Å²) in [5.41, 5.74) is 2.30. The molecular formula is C12H15N3S. The molecule has 0 aromatic carbocycles. The van der Waals surface area contributed by atoms with Crippen molar-refractivity contribution in [2.45, 2.75) is 26.8 Å². The van der Waals surface area contributed by atoms with Gasteiger partial charge in [0, 0.05) is 17.3 Å². The van der Waals surface area contributed by atoms with Gasteiger partial charge in [-0.1, -0.05) is 0 Å². The second kappa shape index (κ2) is 4.61. The molecule has 2 aromatic heterocycles. The summed E-state index contributed by atoms with van der Waals surface area (Å²) >= 11 is 1.73. The van der Waals surface area contributed by atoms with E-state index in [-0.39, 0.29) is 6.04 Å². The Kier molecular flexibility index (Phi) is 3.19. The van der Waals surface area contributed by atoms with Crippen LogP contribution in [0.2, 0.25) is 0 Å². The van der Waals surface area contributed by atoms with Gasteiger partial charge in [-0.2, -0.15) is 0 Å². The van der Waals surface area contributed by atoms with Gasteiger partial charge in [0.15, 0.2) is 0 Å². The zero-order valence-electron chi connectivity index (χ0n) is 9.69. The predicted molar refractivity (Wildman–Crippen MR) is 67.9 cm³/mol. The van der Waals surface area contributed by atoms with Gasteiger partial charge in [-0.05, 0) is 32.4 Å². The van der Waals surface area contributed by atoms with Crippen LogP contribution in [0, 0.1) is 13.8 Å². The largest absolute Gasteiger partial charge is 0.376 e. The van der Waals surface area contributed by atoms with E-state index in [4.69, 9.17) is 0 Å². The number of rotatable bonds is 3. The van der Waals surface area contributed by atoms with Crippen LogP contribution in [0.5, 0.6) is 0 Å². The highest BCUT2D eigenvalue weighted by Gasteiger charge is 2.09. The normalized spacial score (nSPS) is 12.4. The Hall–Kier alpha value is -1.42. The number of aromatic nitrogens is 2. The molecule has 0 fully saturated rings. The lowest BCUT2D eigenvalue weighted by molar-refractivity contribution is 0.898. The maximum absolute atomic E-state index is 4.26. The Bertz CT molecular complexity index is 479. The number of nitrogens with zero attached hydrogens (tertiary/aromatic N) is 2. The molecule has 0 aliphatic heterocycles. The van der Waals surface area contributed by atoms with E-state index in [2.05, 4.69) is 29.1 Å². The minimum absolute atomic E-state index is 0.272. The standard InChI is InChI=1S/C12H15N3S/c1-8-4-5-13-6-11(8)15-9(2)12-7-14-10(3)16-12/h4-7,9,15H,1-3H3. The third kappa shape index (κ3) is 2.39. The molecule has 0 saturated heterocycles. The molecule has 0 aliphatic rings. The Balaban J connectivity index is 2.13. The van der Waals surface area contributed by atoms with Gasteiger partial charge in [0.25, 0.3) is 0 Å². The SMILES string of the molecule is Cc1ncc(C(C)Nc2cnccc2C)s1. The summed E-state index contributed by atoms with van der Waals surface area (Å²) in [4.78, 5) is 9.64. The van der Waals surface area contributed by atoms with Crippen molar-refractivity contribution in [3.05, 3.63) is 40.1 Å². The molecule has 0 amide bonds. The highest BCUT2D eigenvalue weighted by atomic mass is 32.1. The summed E-state index contributed by atoms with van der Waals surface area (Å²) in [5.74, 6) is 0. The van der Waals surface area contributed by atoms with Crippen LogP contribution >= 0.6 is 11.3 Å². The van der Waals surface area contributed by atoms with Crippen LogP contribution in [0.4, 0.5) is 5.69 Å². The maximum atomic E-state index is 4.26. The first kappa shape index (κ1) is 11.1. The van der Waals surface area contributed by atoms with Crippen molar-refractivity contribution < 1.29 is 0 Å². The quantitative estimate of drug-likeness (QED) is 0.883. The minimum Gasteiger partial charge on any atom is -0.376 e. The second-order valence-electron chi connectivity index (χ2n) is 3.84. The average molecular weight is 233 g/mol. The molecule has 0 spiro atoms. The molecule has 2 aromatic rings. The fraction of sp³-hybridized carbons (Fsp3) is 0.333. The fourth-order valence-electron chi connectivity index (χ4n) is 1.50. The van der Waals surface area contributed by atoms with Crippen molar-refractivity contribution in [1.29, 1.82) is 0 Å². The summed E-state index contributed by atoms with van der Waals surface area (Å²) in [5, 5.41) is 4.55. The number of aryl methyl sites for hydroxylation is 2. The van der Waals surface area contributed by atoms with Crippen molar-refractivity contribution in [2.75, 3.05) is 5.32 Å². The molecule has 16 heavy (non-hydrogen) atoms. The van der Waals surface area contributed by atoms with Crippen molar-refractivity contribution >= 4 is 17.0 Å². The van der Waals surface area contributed by atoms with Crippen LogP contribution in [0.3, 0.4) is 0 Å². The van der Waals surface area contributed by atoms with E-state index in [1.807, 2.05) is 31.6 Å². The first-order valence-corrected chi connectivity index (χ1v) is 6.08. The number of hydrogen-bond donors (Lipinski definition) is 1. The third-order valence-corrected chi connectivity index (χ3v) is 3.57. The van der Waals surface area contributed by atoms with Gasteiger partial charge in [0.05, 0.1) is 22.9 Å². The van der Waals surface area contributed by atoms with Gasteiger partial charge >= 0.3 is 0 Å². The van der Waals surface area contributed by atoms with E-state index in [0.29, 0.717) is 0 Å². The Morgan fingerprint density at radius 3 is 2.75 bits per heavy atom. The maximum Gasteiger partial charge on any atom is 0.0897 e. The molecule has 1 unspecified atom stereocenters. The lowest BCUT2D eigenvalue weighted by atomic mass is 10.2. The monoisotopic (exact) mass is 233 g/mol. The molecule has 0 saturated carbocycles. The summed E-state index contributed by atoms with van der Waals surface area (Å²) in [6.07, 6.45) is 5.60. The van der Waals surface area contributed by atoms with Crippen LogP contribution in [0.1, 0.15) is 28.4 Å². The molecule has 1 N–H and O–H groups in total. The van der Waals surface area contributed by atoms with Crippen molar-refractivity contribution in [3.8, 4) is 0 Å². The van der Waals surface area contributed by atoms with E-state index in [1.165, 1.54) is 10.4 Å². The second-order valence-corrected chi connectivity index (χ2v) is 5.10. The summed E-state index contributed by atoms with van der Waals surface area (Å²) in [6.45, 7) is 6.24. The Labute approximate surface area is 99.6 Å². The van der Waals surface area contributed by atoms with Crippen molar-refractivity contribution in [2.24, 2.45) is 0 Å². The summed E-state index contributed by atoms with van der Waals surface area (Å²) in [7, 11) is 0.